The Morgan fingerprint density at radius 1 is 1.25 bits per heavy atom. The highest BCUT2D eigenvalue weighted by Gasteiger charge is 2.19. The molecule has 28 heavy (non-hydrogen) atoms. The van der Waals surface area contributed by atoms with Gasteiger partial charge in [-0.05, 0) is 53.5 Å². The Hall–Kier alpha value is -2.31. The number of nitrogens with one attached hydrogen (secondary N) is 2. The van der Waals surface area contributed by atoms with Crippen LogP contribution >= 0.6 is 27.3 Å². The van der Waals surface area contributed by atoms with E-state index in [1.54, 1.807) is 11.7 Å². The first-order chi connectivity index (χ1) is 13.2. The molecular formula is C16H17BrN6O3S2. The predicted molar refractivity (Wildman–Crippen MR) is 110 cm³/mol. The van der Waals surface area contributed by atoms with Crippen LogP contribution < -0.4 is 10.0 Å². The average molecular weight is 485 g/mol. The van der Waals surface area contributed by atoms with Crippen LogP contribution in [-0.2, 0) is 23.5 Å². The smallest absolute Gasteiger partial charge is 0.277 e. The molecule has 2 heterocycles. The minimum absolute atomic E-state index is 0.0496. The van der Waals surface area contributed by atoms with Crippen molar-refractivity contribution in [2.45, 2.75) is 25.2 Å². The van der Waals surface area contributed by atoms with Gasteiger partial charge in [-0.15, -0.1) is 10.2 Å². The predicted octanol–water partition coefficient (Wildman–Crippen LogP) is 2.96. The van der Waals surface area contributed by atoms with Gasteiger partial charge in [0, 0.05) is 12.7 Å². The number of hydrogen-bond acceptors (Lipinski definition) is 7. The van der Waals surface area contributed by atoms with E-state index in [1.807, 2.05) is 13.8 Å². The molecule has 0 unspecified atom stereocenters. The van der Waals surface area contributed by atoms with Gasteiger partial charge in [0.1, 0.15) is 5.01 Å². The van der Waals surface area contributed by atoms with Gasteiger partial charge in [-0.25, -0.2) is 8.42 Å². The fourth-order valence-electron chi connectivity index (χ4n) is 2.25. The highest BCUT2D eigenvalue weighted by molar-refractivity contribution is 9.10. The number of sulfonamides is 1. The molecule has 9 nitrogen and oxygen atoms in total. The summed E-state index contributed by atoms with van der Waals surface area (Å²) >= 11 is 4.53. The molecule has 2 N–H and O–H groups in total. The van der Waals surface area contributed by atoms with Gasteiger partial charge in [-0.3, -0.25) is 14.2 Å². The first-order valence-corrected chi connectivity index (χ1v) is 11.3. The van der Waals surface area contributed by atoms with Crippen LogP contribution in [0, 0.1) is 6.92 Å². The van der Waals surface area contributed by atoms with E-state index in [9.17, 15) is 13.2 Å². The fraction of sp³-hybridized carbons (Fsp3) is 0.250. The Kier molecular flexibility index (Phi) is 5.82. The topological polar surface area (TPSA) is 119 Å². The molecule has 2 aromatic heterocycles. The molecule has 0 saturated carbocycles. The van der Waals surface area contributed by atoms with Crippen molar-refractivity contribution in [3.8, 4) is 0 Å². The van der Waals surface area contributed by atoms with Crippen LogP contribution in [0.25, 0.3) is 0 Å². The van der Waals surface area contributed by atoms with Gasteiger partial charge in [0.2, 0.25) is 5.13 Å². The second kappa shape index (κ2) is 7.97. The zero-order valence-electron chi connectivity index (χ0n) is 15.2. The lowest BCUT2D eigenvalue weighted by Crippen LogP contribution is -2.15. The molecule has 0 spiro atoms. The lowest BCUT2D eigenvalue weighted by Gasteiger charge is -2.07. The Labute approximate surface area is 174 Å². The summed E-state index contributed by atoms with van der Waals surface area (Å²) in [7, 11) is -2.05. The van der Waals surface area contributed by atoms with Crippen molar-refractivity contribution in [3.05, 3.63) is 45.1 Å². The van der Waals surface area contributed by atoms with E-state index in [0.717, 1.165) is 10.7 Å². The molecular weight excluding hydrogens is 468 g/mol. The van der Waals surface area contributed by atoms with Gasteiger partial charge >= 0.3 is 0 Å². The second-order valence-electron chi connectivity index (χ2n) is 5.81. The largest absolute Gasteiger partial charge is 0.321 e. The van der Waals surface area contributed by atoms with Gasteiger partial charge in [0.05, 0.1) is 15.1 Å². The zero-order valence-corrected chi connectivity index (χ0v) is 18.4. The number of amides is 1. The maximum Gasteiger partial charge on any atom is 0.277 e. The number of halogens is 1. The monoisotopic (exact) mass is 484 g/mol. The van der Waals surface area contributed by atoms with Crippen LogP contribution in [0.5, 0.6) is 0 Å². The van der Waals surface area contributed by atoms with Gasteiger partial charge in [0.25, 0.3) is 15.9 Å². The minimum Gasteiger partial charge on any atom is -0.321 e. The van der Waals surface area contributed by atoms with E-state index in [-0.39, 0.29) is 15.7 Å². The second-order valence-corrected chi connectivity index (χ2v) is 9.35. The maximum atomic E-state index is 12.5. The molecule has 0 aliphatic heterocycles. The first-order valence-electron chi connectivity index (χ1n) is 8.17. The maximum absolute atomic E-state index is 12.5. The van der Waals surface area contributed by atoms with E-state index < -0.39 is 15.9 Å². The van der Waals surface area contributed by atoms with E-state index in [4.69, 9.17) is 0 Å². The van der Waals surface area contributed by atoms with Crippen LogP contribution in [0.15, 0.2) is 33.6 Å². The Morgan fingerprint density at radius 3 is 2.46 bits per heavy atom. The number of nitrogens with zero attached hydrogens (tertiary/aromatic N) is 4. The van der Waals surface area contributed by atoms with Crippen molar-refractivity contribution in [1.29, 1.82) is 0 Å². The van der Waals surface area contributed by atoms with Crippen molar-refractivity contribution < 1.29 is 13.2 Å². The van der Waals surface area contributed by atoms with E-state index >= 15 is 0 Å². The van der Waals surface area contributed by atoms with Crippen LogP contribution in [0.3, 0.4) is 0 Å². The number of rotatable bonds is 6. The third-order valence-electron chi connectivity index (χ3n) is 3.89. The standard InChI is InChI=1S/C16H17BrN6O3S2/c1-4-12-19-20-16(27-12)22-28(25,26)11-7-5-10(6-8-11)18-15(24)14-13(17)9(2)23(3)21-14/h5-8H,4H2,1-3H3,(H,18,24)(H,20,22). The summed E-state index contributed by atoms with van der Waals surface area (Å²) in [6.07, 6.45) is 0.680. The Bertz CT molecular complexity index is 1120. The summed E-state index contributed by atoms with van der Waals surface area (Å²) in [5, 5.41) is 15.5. The summed E-state index contributed by atoms with van der Waals surface area (Å²) in [6.45, 7) is 3.75. The molecule has 1 amide bonds. The average Bonchev–Trinajstić information content (AvgIpc) is 3.21. The van der Waals surface area contributed by atoms with Crippen molar-refractivity contribution in [2.24, 2.45) is 7.05 Å². The van der Waals surface area contributed by atoms with Gasteiger partial charge < -0.3 is 5.32 Å². The number of benzene rings is 1. The van der Waals surface area contributed by atoms with Crippen LogP contribution in [0.4, 0.5) is 10.8 Å². The lowest BCUT2D eigenvalue weighted by atomic mass is 10.3. The van der Waals surface area contributed by atoms with Gasteiger partial charge in [-0.1, -0.05) is 18.3 Å². The highest BCUT2D eigenvalue weighted by atomic mass is 79.9. The third-order valence-corrected chi connectivity index (χ3v) is 7.31. The van der Waals surface area contributed by atoms with Gasteiger partial charge in [0.15, 0.2) is 5.69 Å². The summed E-state index contributed by atoms with van der Waals surface area (Å²) in [5.41, 5.74) is 1.52. The number of carbonyl (C=O) groups excluding carboxylic acids is 1. The van der Waals surface area contributed by atoms with E-state index in [1.165, 1.54) is 35.6 Å². The van der Waals surface area contributed by atoms with E-state index in [2.05, 4.69) is 41.3 Å². The van der Waals surface area contributed by atoms with Crippen molar-refractivity contribution in [1.82, 2.24) is 20.0 Å². The zero-order chi connectivity index (χ0) is 20.5. The molecule has 1 aromatic carbocycles. The number of anilines is 2. The number of carbonyl (C=O) groups is 1. The number of aryl methyl sites for hydroxylation is 2. The highest BCUT2D eigenvalue weighted by Crippen LogP contribution is 2.23. The summed E-state index contributed by atoms with van der Waals surface area (Å²) in [4.78, 5) is 12.4. The quantitative estimate of drug-likeness (QED) is 0.554. The molecule has 3 rings (SSSR count). The third kappa shape index (κ3) is 4.23. The molecule has 0 atom stereocenters. The Balaban J connectivity index is 1.73. The molecule has 148 valence electrons. The van der Waals surface area contributed by atoms with Crippen LogP contribution in [-0.4, -0.2) is 34.3 Å². The summed E-state index contributed by atoms with van der Waals surface area (Å²) < 4.78 is 29.5. The number of aromatic nitrogens is 4. The fourth-order valence-corrected chi connectivity index (χ4v) is 4.67. The molecule has 12 heteroatoms. The number of hydrogen-bond donors (Lipinski definition) is 2. The lowest BCUT2D eigenvalue weighted by molar-refractivity contribution is 0.102. The molecule has 0 bridgehead atoms. The molecule has 0 aliphatic carbocycles. The van der Waals surface area contributed by atoms with Crippen molar-refractivity contribution in [2.75, 3.05) is 10.0 Å². The molecule has 0 fully saturated rings. The summed E-state index contributed by atoms with van der Waals surface area (Å²) in [5.74, 6) is -0.398. The van der Waals surface area contributed by atoms with Crippen molar-refractivity contribution in [3.63, 3.8) is 0 Å². The minimum atomic E-state index is -3.79. The molecule has 0 aliphatic rings. The molecule has 0 saturated heterocycles. The molecule has 3 aromatic rings. The first kappa shape index (κ1) is 20.4. The normalized spacial score (nSPS) is 11.4. The van der Waals surface area contributed by atoms with Crippen LogP contribution in [0.2, 0.25) is 0 Å². The Morgan fingerprint density at radius 2 is 1.93 bits per heavy atom. The SMILES string of the molecule is CCc1nnc(NS(=O)(=O)c2ccc(NC(=O)c3nn(C)c(C)c3Br)cc2)s1. The summed E-state index contributed by atoms with van der Waals surface area (Å²) in [6, 6.07) is 5.82. The van der Waals surface area contributed by atoms with Crippen molar-refractivity contribution >= 4 is 54.0 Å². The van der Waals surface area contributed by atoms with E-state index in [0.29, 0.717) is 16.6 Å². The molecule has 0 radical (unpaired) electrons. The van der Waals surface area contributed by atoms with Gasteiger partial charge in [-0.2, -0.15) is 5.10 Å². The van der Waals surface area contributed by atoms with Crippen LogP contribution in [0.1, 0.15) is 28.1 Å².